The van der Waals surface area contributed by atoms with E-state index >= 15 is 0 Å². The zero-order valence-electron chi connectivity index (χ0n) is 18.9. The fraction of sp³-hybridized carbons (Fsp3) is 0.389. The number of nitrogens with zero attached hydrogens (tertiary/aromatic N) is 9. The van der Waals surface area contributed by atoms with Crippen molar-refractivity contribution >= 4 is 70.2 Å². The number of fused-ring (bicyclic) bond motifs is 2. The van der Waals surface area contributed by atoms with E-state index in [1.54, 1.807) is 12.1 Å². The topological polar surface area (TPSA) is 227 Å². The van der Waals surface area contributed by atoms with E-state index in [4.69, 9.17) is 5.11 Å². The summed E-state index contributed by atoms with van der Waals surface area (Å²) in [4.78, 5) is 58.8. The molecule has 3 N–H and O–H groups in total. The number of carbonyl (C=O) groups excluding carboxylic acids is 2. The Labute approximate surface area is 224 Å². The zero-order valence-corrected chi connectivity index (χ0v) is 21.4. The van der Waals surface area contributed by atoms with Gasteiger partial charge >= 0.3 is 11.9 Å². The zero-order chi connectivity index (χ0) is 26.9. The Morgan fingerprint density at radius 3 is 2.89 bits per heavy atom. The van der Waals surface area contributed by atoms with Crippen molar-refractivity contribution in [3.63, 3.8) is 0 Å². The highest BCUT2D eigenvalue weighted by atomic mass is 32.2. The van der Waals surface area contributed by atoms with Gasteiger partial charge in [-0.2, -0.15) is 4.37 Å². The van der Waals surface area contributed by atoms with Crippen molar-refractivity contribution in [2.75, 3.05) is 24.7 Å². The predicted octanol–water partition coefficient (Wildman–Crippen LogP) is -1.56. The maximum Gasteiger partial charge on any atom is 0.344 e. The van der Waals surface area contributed by atoms with Gasteiger partial charge in [0, 0.05) is 18.1 Å². The molecule has 0 spiro atoms. The van der Waals surface area contributed by atoms with Crippen LogP contribution in [0.4, 0.5) is 0 Å². The normalized spacial score (nSPS) is 23.0. The van der Waals surface area contributed by atoms with Gasteiger partial charge in [-0.3, -0.25) is 14.4 Å². The van der Waals surface area contributed by atoms with Gasteiger partial charge in [0.2, 0.25) is 24.1 Å². The molecular formula is C18H16N10O7S3. The second kappa shape index (κ2) is 10.5. The summed E-state index contributed by atoms with van der Waals surface area (Å²) in [5, 5.41) is 40.2. The molecule has 2 unspecified atom stereocenters. The van der Waals surface area contributed by atoms with E-state index in [0.717, 1.165) is 11.5 Å². The molecular weight excluding hydrogens is 564 g/mol. The van der Waals surface area contributed by atoms with Crippen molar-refractivity contribution in [1.29, 1.82) is 0 Å². The summed E-state index contributed by atoms with van der Waals surface area (Å²) in [7, 11) is 0. The molecule has 2 saturated heterocycles. The van der Waals surface area contributed by atoms with Crippen molar-refractivity contribution in [1.82, 2.24) is 44.8 Å². The number of carbonyl (C=O) groups is 4. The second-order valence-corrected chi connectivity index (χ2v) is 10.8. The Morgan fingerprint density at radius 1 is 1.32 bits per heavy atom. The second-order valence-electron chi connectivity index (χ2n) is 8.05. The fourth-order valence-electron chi connectivity index (χ4n) is 3.65. The number of thioether (sulfide) groups is 2. The van der Waals surface area contributed by atoms with Gasteiger partial charge in [-0.25, -0.2) is 9.78 Å². The third-order valence-electron chi connectivity index (χ3n) is 5.56. The molecule has 0 aromatic carbocycles. The molecule has 17 nitrogen and oxygen atoms in total. The number of aromatic nitrogens is 7. The maximum atomic E-state index is 12.9. The number of nitrogens with one attached hydrogen (secondary N) is 1. The molecule has 38 heavy (non-hydrogen) atoms. The Balaban J connectivity index is 1.24. The van der Waals surface area contributed by atoms with Crippen LogP contribution in [-0.4, -0.2) is 115 Å². The number of rotatable bonds is 10. The lowest BCUT2D eigenvalue weighted by molar-refractivity contribution is -0.157. The smallest absolute Gasteiger partial charge is 0.344 e. The van der Waals surface area contributed by atoms with Crippen LogP contribution in [0.3, 0.4) is 0 Å². The van der Waals surface area contributed by atoms with E-state index in [1.165, 1.54) is 38.6 Å². The molecule has 5 heterocycles. The summed E-state index contributed by atoms with van der Waals surface area (Å²) in [6.45, 7) is -0.842. The first-order chi connectivity index (χ1) is 18.3. The molecule has 2 fully saturated rings. The summed E-state index contributed by atoms with van der Waals surface area (Å²) < 4.78 is 5.15. The lowest BCUT2D eigenvalue weighted by Gasteiger charge is -2.53. The average Bonchev–Trinajstić information content (AvgIpc) is 3.60. The molecule has 3 aromatic heterocycles. The monoisotopic (exact) mass is 580 g/mol. The molecule has 3 aromatic rings. The highest BCUT2D eigenvalue weighted by Gasteiger charge is 2.57. The highest BCUT2D eigenvalue weighted by Crippen LogP contribution is 2.44. The lowest BCUT2D eigenvalue weighted by atomic mass is 9.89. The molecule has 20 heteroatoms. The van der Waals surface area contributed by atoms with Crippen LogP contribution in [0.1, 0.15) is 5.82 Å². The van der Waals surface area contributed by atoms with Crippen molar-refractivity contribution in [3.8, 4) is 0 Å². The number of carboxylic acid groups (broad SMARTS) is 2. The van der Waals surface area contributed by atoms with E-state index in [-0.39, 0.29) is 29.6 Å². The number of aliphatic carboxylic acids is 2. The van der Waals surface area contributed by atoms with Gasteiger partial charge in [-0.1, -0.05) is 5.16 Å². The number of β-lactam (4-membered cyclic amide) rings is 1. The largest absolute Gasteiger partial charge is 0.481 e. The van der Waals surface area contributed by atoms with Crippen LogP contribution in [0.25, 0.3) is 5.65 Å². The van der Waals surface area contributed by atoms with Crippen LogP contribution < -0.4 is 5.32 Å². The van der Waals surface area contributed by atoms with Crippen molar-refractivity contribution in [3.05, 3.63) is 23.5 Å². The number of hydrogen-bond donors (Lipinski definition) is 3. The van der Waals surface area contributed by atoms with Crippen LogP contribution in [0.2, 0.25) is 0 Å². The molecule has 3 atom stereocenters. The molecule has 2 aliphatic heterocycles. The maximum absolute atomic E-state index is 12.9. The predicted molar refractivity (Wildman–Crippen MR) is 129 cm³/mol. The third kappa shape index (κ3) is 4.96. The van der Waals surface area contributed by atoms with Gasteiger partial charge in [0.05, 0.1) is 0 Å². The SMILES string of the molecule is O=C(O)CON=C(C(=O)NC1C(=O)N2CC(CSc3ccc4nnnn4n3)(C(=O)O)CS[C@H]12)c1ncsn1. The quantitative estimate of drug-likeness (QED) is 0.107. The summed E-state index contributed by atoms with van der Waals surface area (Å²) >= 11 is 3.39. The molecule has 5 rings (SSSR count). The molecule has 2 aliphatic rings. The molecule has 0 radical (unpaired) electrons. The van der Waals surface area contributed by atoms with Crippen molar-refractivity contribution in [2.45, 2.75) is 16.4 Å². The van der Waals surface area contributed by atoms with Crippen LogP contribution in [0, 0.1) is 5.41 Å². The van der Waals surface area contributed by atoms with E-state index in [0.29, 0.717) is 10.7 Å². The molecule has 0 saturated carbocycles. The summed E-state index contributed by atoms with van der Waals surface area (Å²) in [5.74, 6) is -3.42. The average molecular weight is 581 g/mol. The minimum absolute atomic E-state index is 0.0539. The first-order valence-corrected chi connectivity index (χ1v) is 13.5. The van der Waals surface area contributed by atoms with Crippen LogP contribution >= 0.6 is 35.1 Å². The van der Waals surface area contributed by atoms with Gasteiger partial charge in [-0.05, 0) is 34.1 Å². The van der Waals surface area contributed by atoms with E-state index in [9.17, 15) is 24.3 Å². The van der Waals surface area contributed by atoms with Crippen molar-refractivity contribution < 1.29 is 34.2 Å². The Kier molecular flexibility index (Phi) is 7.08. The molecule has 0 bridgehead atoms. The van der Waals surface area contributed by atoms with Gasteiger partial charge in [0.15, 0.2) is 5.65 Å². The standard InChI is InChI=1S/C18H16N10O7S3/c29-10(30)3-35-23-11(13-19-7-38-24-13)14(31)20-12-15(32)27-4-18(17(33)34,6-37-16(12)27)5-36-9-2-1-8-21-25-26-28(8)22-9/h1-2,7,12,16H,3-6H2,(H,20,31)(H,29,30)(H,33,34)/t12?,16-,18?/m1/s1. The molecule has 198 valence electrons. The van der Waals surface area contributed by atoms with Crippen LogP contribution in [0.15, 0.2) is 27.8 Å². The summed E-state index contributed by atoms with van der Waals surface area (Å²) in [6, 6.07) is 2.40. The van der Waals surface area contributed by atoms with Gasteiger partial charge < -0.3 is 25.3 Å². The summed E-state index contributed by atoms with van der Waals surface area (Å²) in [5.41, 5.74) is 0.158. The van der Waals surface area contributed by atoms with E-state index < -0.39 is 47.2 Å². The summed E-state index contributed by atoms with van der Waals surface area (Å²) in [6.07, 6.45) is 0. The Bertz CT molecular complexity index is 1430. The third-order valence-corrected chi connectivity index (χ3v) is 8.83. The Morgan fingerprint density at radius 2 is 2.16 bits per heavy atom. The number of oxime groups is 1. The van der Waals surface area contributed by atoms with Crippen LogP contribution in [-0.2, 0) is 24.0 Å². The Hall–Kier alpha value is -3.91. The number of hydrogen-bond acceptors (Lipinski definition) is 15. The van der Waals surface area contributed by atoms with Crippen molar-refractivity contribution in [2.24, 2.45) is 10.6 Å². The first-order valence-electron chi connectivity index (χ1n) is 10.6. The van der Waals surface area contributed by atoms with Gasteiger partial charge in [-0.15, -0.1) is 38.4 Å². The number of carboxylic acids is 2. The minimum Gasteiger partial charge on any atom is -0.481 e. The number of amides is 2. The van der Waals surface area contributed by atoms with E-state index in [2.05, 4.69) is 45.3 Å². The first kappa shape index (κ1) is 25.7. The van der Waals surface area contributed by atoms with Crippen LogP contribution in [0.5, 0.6) is 0 Å². The molecule has 0 aliphatic carbocycles. The molecule has 2 amide bonds. The van der Waals surface area contributed by atoms with Gasteiger partial charge in [0.1, 0.15) is 27.4 Å². The fourth-order valence-corrected chi connectivity index (χ4v) is 6.79. The van der Waals surface area contributed by atoms with Gasteiger partial charge in [0.25, 0.3) is 5.91 Å². The minimum atomic E-state index is -1.30. The lowest BCUT2D eigenvalue weighted by Crippen LogP contribution is -2.74. The highest BCUT2D eigenvalue weighted by molar-refractivity contribution is 8.00. The number of tetrazole rings is 1. The van der Waals surface area contributed by atoms with E-state index in [1.807, 2.05) is 0 Å².